The normalized spacial score (nSPS) is 12.6. The van der Waals surface area contributed by atoms with Crippen LogP contribution in [0.25, 0.3) is 0 Å². The van der Waals surface area contributed by atoms with Crippen LogP contribution in [0.3, 0.4) is 0 Å². The molecule has 0 aromatic carbocycles. The third-order valence-electron chi connectivity index (χ3n) is 0.837. The van der Waals surface area contributed by atoms with Gasteiger partial charge in [-0.1, -0.05) is 6.92 Å². The first-order valence-corrected chi connectivity index (χ1v) is 2.29. The highest BCUT2D eigenvalue weighted by atomic mass is 16.1. The van der Waals surface area contributed by atoms with Gasteiger partial charge in [-0.2, -0.15) is 0 Å². The van der Waals surface area contributed by atoms with Crippen LogP contribution in [-0.4, -0.2) is 12.2 Å². The van der Waals surface area contributed by atoms with Crippen LogP contribution in [0.4, 0.5) is 0 Å². The lowest BCUT2D eigenvalue weighted by Gasteiger charge is -1.95. The monoisotopic (exact) mass is 113 g/mol. The summed E-state index contributed by atoms with van der Waals surface area (Å²) in [7, 11) is 0. The Balaban J connectivity index is 3.46. The number of hydrogen-bond acceptors (Lipinski definition) is 2. The Bertz CT molecular complexity index is 101. The van der Waals surface area contributed by atoms with Crippen LogP contribution in [0, 0.1) is 5.92 Å². The summed E-state index contributed by atoms with van der Waals surface area (Å²) in [5.74, 6) is -1.18. The van der Waals surface area contributed by atoms with Crippen molar-refractivity contribution in [2.75, 3.05) is 0 Å². The van der Waals surface area contributed by atoms with E-state index in [1.165, 1.54) is 6.92 Å². The molecule has 8 heavy (non-hydrogen) atoms. The molecule has 0 aliphatic carbocycles. The number of carbonyl (C=O) groups excluding carboxylic acids is 2. The number of amides is 1. The molecular formula is C5H7NO2. The zero-order chi connectivity index (χ0) is 6.57. The van der Waals surface area contributed by atoms with E-state index in [4.69, 9.17) is 5.73 Å². The van der Waals surface area contributed by atoms with Crippen molar-refractivity contribution in [2.24, 2.45) is 5.92 Å². The molecule has 2 radical (unpaired) electrons. The van der Waals surface area contributed by atoms with Gasteiger partial charge in [-0.3, -0.25) is 15.3 Å². The minimum atomic E-state index is -0.701. The maximum atomic E-state index is 10.0. The van der Waals surface area contributed by atoms with Crippen molar-refractivity contribution in [3.05, 3.63) is 0 Å². The van der Waals surface area contributed by atoms with Crippen LogP contribution in [0.15, 0.2) is 0 Å². The van der Waals surface area contributed by atoms with Crippen molar-refractivity contribution < 1.29 is 9.59 Å². The van der Waals surface area contributed by atoms with Crippen molar-refractivity contribution in [3.8, 4) is 0 Å². The van der Waals surface area contributed by atoms with Gasteiger partial charge in [-0.05, 0) is 0 Å². The van der Waals surface area contributed by atoms with Crippen molar-refractivity contribution in [1.82, 2.24) is 5.73 Å². The van der Waals surface area contributed by atoms with Gasteiger partial charge >= 0.3 is 0 Å². The topological polar surface area (TPSA) is 57.9 Å². The maximum absolute atomic E-state index is 10.0. The van der Waals surface area contributed by atoms with Crippen molar-refractivity contribution in [3.63, 3.8) is 0 Å². The lowest BCUT2D eigenvalue weighted by atomic mass is 10.1. The molecule has 0 bridgehead atoms. The van der Waals surface area contributed by atoms with Crippen LogP contribution in [-0.2, 0) is 9.59 Å². The van der Waals surface area contributed by atoms with Gasteiger partial charge in [0.15, 0.2) is 6.29 Å². The van der Waals surface area contributed by atoms with E-state index in [0.717, 1.165) is 0 Å². The molecule has 3 heteroatoms. The third kappa shape index (κ3) is 2.34. The summed E-state index contributed by atoms with van der Waals surface area (Å²) in [4.78, 5) is 19.6. The van der Waals surface area contributed by atoms with Crippen molar-refractivity contribution >= 4 is 12.2 Å². The van der Waals surface area contributed by atoms with E-state index >= 15 is 0 Å². The van der Waals surface area contributed by atoms with Crippen LogP contribution in [0.5, 0.6) is 0 Å². The summed E-state index contributed by atoms with van der Waals surface area (Å²) in [5.41, 5.74) is 6.47. The maximum Gasteiger partial charge on any atom is 0.241 e. The molecule has 0 aliphatic rings. The Morgan fingerprint density at radius 2 is 2.38 bits per heavy atom. The minimum absolute atomic E-state index is 0.0440. The number of carbonyl (C=O) groups is 1. The fourth-order valence-corrected chi connectivity index (χ4v) is 0.218. The third-order valence-corrected chi connectivity index (χ3v) is 0.837. The smallest absolute Gasteiger partial charge is 0.241 e. The summed E-state index contributed by atoms with van der Waals surface area (Å²) in [6.45, 7) is 1.53. The van der Waals surface area contributed by atoms with E-state index in [2.05, 4.69) is 0 Å². The SMILES string of the molecule is CC(C[C]=O)C([NH])=O. The van der Waals surface area contributed by atoms with Gasteiger partial charge in [0.1, 0.15) is 0 Å². The summed E-state index contributed by atoms with van der Waals surface area (Å²) in [6, 6.07) is 0. The zero-order valence-corrected chi connectivity index (χ0v) is 4.60. The second-order valence-electron chi connectivity index (χ2n) is 1.61. The first kappa shape index (κ1) is 7.14. The predicted octanol–water partition coefficient (Wildman–Crippen LogP) is -0.0682. The zero-order valence-electron chi connectivity index (χ0n) is 4.60. The largest absolute Gasteiger partial charge is 0.291 e. The molecule has 1 amide bonds. The molecule has 1 N–H and O–H groups in total. The Labute approximate surface area is 47.9 Å². The summed E-state index contributed by atoms with van der Waals surface area (Å²) in [6.07, 6.45) is 1.60. The molecule has 0 rings (SSSR count). The molecule has 0 heterocycles. The quantitative estimate of drug-likeness (QED) is 0.514. The average molecular weight is 113 g/mol. The number of hydrogen-bond donors (Lipinski definition) is 0. The van der Waals surface area contributed by atoms with Gasteiger partial charge in [0, 0.05) is 12.3 Å². The van der Waals surface area contributed by atoms with E-state index in [1.807, 2.05) is 0 Å². The standard InChI is InChI=1S/C5H7NO2/c1-4(2-3-7)5(6)8/h4,6H,2H2,1H3. The summed E-state index contributed by atoms with van der Waals surface area (Å²) >= 11 is 0. The molecule has 3 nitrogen and oxygen atoms in total. The highest BCUT2D eigenvalue weighted by molar-refractivity contribution is 5.78. The summed E-state index contributed by atoms with van der Waals surface area (Å²) < 4.78 is 0. The lowest BCUT2D eigenvalue weighted by Crippen LogP contribution is -2.11. The molecule has 0 aliphatic heterocycles. The van der Waals surface area contributed by atoms with Gasteiger partial charge in [0.05, 0.1) is 0 Å². The second kappa shape index (κ2) is 3.18. The Kier molecular flexibility index (Phi) is 2.84. The molecular weight excluding hydrogens is 106 g/mol. The van der Waals surface area contributed by atoms with E-state index in [9.17, 15) is 9.59 Å². The lowest BCUT2D eigenvalue weighted by molar-refractivity contribution is -0.121. The first-order valence-electron chi connectivity index (χ1n) is 2.29. The first-order chi connectivity index (χ1) is 3.68. The number of rotatable bonds is 3. The van der Waals surface area contributed by atoms with Crippen molar-refractivity contribution in [2.45, 2.75) is 13.3 Å². The molecule has 0 saturated carbocycles. The van der Waals surface area contributed by atoms with Gasteiger partial charge in [0.2, 0.25) is 5.91 Å². The fraction of sp³-hybridized carbons (Fsp3) is 0.600. The Hall–Kier alpha value is -0.860. The van der Waals surface area contributed by atoms with Crippen LogP contribution in [0.1, 0.15) is 13.3 Å². The van der Waals surface area contributed by atoms with Crippen LogP contribution >= 0.6 is 0 Å². The van der Waals surface area contributed by atoms with Gasteiger partial charge in [-0.25, -0.2) is 0 Å². The molecule has 1 atom stereocenters. The second-order valence-corrected chi connectivity index (χ2v) is 1.61. The van der Waals surface area contributed by atoms with Crippen molar-refractivity contribution in [1.29, 1.82) is 0 Å². The molecule has 0 aromatic heterocycles. The van der Waals surface area contributed by atoms with E-state index in [-0.39, 0.29) is 6.42 Å². The minimum Gasteiger partial charge on any atom is -0.291 e. The van der Waals surface area contributed by atoms with Crippen LogP contribution < -0.4 is 5.73 Å². The molecule has 1 unspecified atom stereocenters. The summed E-state index contributed by atoms with van der Waals surface area (Å²) in [5, 5.41) is 0. The van der Waals surface area contributed by atoms with Crippen LogP contribution in [0.2, 0.25) is 0 Å². The van der Waals surface area contributed by atoms with E-state index in [0.29, 0.717) is 0 Å². The molecule has 44 valence electrons. The Morgan fingerprint density at radius 3 is 2.50 bits per heavy atom. The molecule has 0 aromatic rings. The molecule has 0 fully saturated rings. The predicted molar refractivity (Wildman–Crippen MR) is 27.6 cm³/mol. The molecule has 0 saturated heterocycles. The highest BCUT2D eigenvalue weighted by Gasteiger charge is 2.07. The Morgan fingerprint density at radius 1 is 1.88 bits per heavy atom. The van der Waals surface area contributed by atoms with Gasteiger partial charge in [0.25, 0.3) is 0 Å². The highest BCUT2D eigenvalue weighted by Crippen LogP contribution is 1.95. The number of nitrogens with one attached hydrogen (secondary N) is 1. The van der Waals surface area contributed by atoms with Gasteiger partial charge in [-0.15, -0.1) is 0 Å². The fourth-order valence-electron chi connectivity index (χ4n) is 0.218. The van der Waals surface area contributed by atoms with E-state index in [1.54, 1.807) is 6.29 Å². The van der Waals surface area contributed by atoms with E-state index < -0.39 is 11.8 Å². The van der Waals surface area contributed by atoms with Gasteiger partial charge < -0.3 is 0 Å². The average Bonchev–Trinajstić information content (AvgIpc) is 1.67. The molecule has 0 spiro atoms.